The predicted molar refractivity (Wildman–Crippen MR) is 239 cm³/mol. The molecule has 6 rings (SSSR count). The van der Waals surface area contributed by atoms with Gasteiger partial charge in [-0.25, -0.2) is 9.59 Å². The Morgan fingerprint density at radius 3 is 1.44 bits per heavy atom. The molecule has 0 heterocycles. The van der Waals surface area contributed by atoms with Crippen molar-refractivity contribution < 1.29 is 38.6 Å². The van der Waals surface area contributed by atoms with Crippen molar-refractivity contribution >= 4 is 47.5 Å². The molecule has 2 aliphatic carbocycles. The number of rotatable bonds is 20. The van der Waals surface area contributed by atoms with Crippen molar-refractivity contribution in [1.29, 1.82) is 0 Å². The van der Waals surface area contributed by atoms with E-state index in [0.717, 1.165) is 22.3 Å². The maximum atomic E-state index is 13.5. The van der Waals surface area contributed by atoms with Gasteiger partial charge < -0.3 is 36.4 Å². The van der Waals surface area contributed by atoms with Crippen LogP contribution >= 0.6 is 11.8 Å². The second-order valence-corrected chi connectivity index (χ2v) is 17.6. The third kappa shape index (κ3) is 11.4. The van der Waals surface area contributed by atoms with Crippen LogP contribution < -0.4 is 26.6 Å². The van der Waals surface area contributed by atoms with E-state index >= 15 is 0 Å². The number of carboxylic acids is 1. The number of aliphatic carboxylic acids is 1. The van der Waals surface area contributed by atoms with E-state index in [2.05, 4.69) is 50.8 Å². The summed E-state index contributed by atoms with van der Waals surface area (Å²) in [6.45, 7) is 6.63. The number of thioether (sulfide) groups is 1. The first kappa shape index (κ1) is 45.4. The van der Waals surface area contributed by atoms with Gasteiger partial charge in [0.15, 0.2) is 0 Å². The topological polar surface area (TPSA) is 192 Å². The molecule has 4 aromatic carbocycles. The maximum absolute atomic E-state index is 13.5. The van der Waals surface area contributed by atoms with Crippen LogP contribution in [0.25, 0.3) is 22.3 Å². The van der Waals surface area contributed by atoms with Gasteiger partial charge in [0, 0.05) is 23.3 Å². The number of carboxylic acid groups (broad SMARTS) is 1. The lowest BCUT2D eigenvalue weighted by atomic mass is 9.98. The fraction of sp³-hybridized carbons (Fsp3) is 0.375. The fourth-order valence-electron chi connectivity index (χ4n) is 8.18. The van der Waals surface area contributed by atoms with Crippen LogP contribution in [0.15, 0.2) is 97.1 Å². The van der Waals surface area contributed by atoms with Gasteiger partial charge in [0.2, 0.25) is 23.6 Å². The second-order valence-electron chi connectivity index (χ2n) is 16.6. The Labute approximate surface area is 366 Å². The molecule has 4 aromatic rings. The summed E-state index contributed by atoms with van der Waals surface area (Å²) in [5.74, 6) is -3.12. The fourth-order valence-corrected chi connectivity index (χ4v) is 9.37. The summed E-state index contributed by atoms with van der Waals surface area (Å²) in [7, 11) is 0. The number of fused-ring (bicyclic) bond motifs is 6. The highest BCUT2D eigenvalue weighted by atomic mass is 32.2. The zero-order valence-corrected chi connectivity index (χ0v) is 36.3. The summed E-state index contributed by atoms with van der Waals surface area (Å²) in [6.07, 6.45) is -0.307. The molecule has 0 aromatic heterocycles. The Kier molecular flexibility index (Phi) is 15.4. The minimum absolute atomic E-state index is 0.0146. The Morgan fingerprint density at radius 2 is 0.984 bits per heavy atom. The molecule has 0 aliphatic heterocycles. The minimum Gasteiger partial charge on any atom is -0.480 e. The van der Waals surface area contributed by atoms with Crippen molar-refractivity contribution in [2.24, 2.45) is 11.8 Å². The molecule has 13 nitrogen and oxygen atoms in total. The summed E-state index contributed by atoms with van der Waals surface area (Å²) >= 11 is 1.44. The summed E-state index contributed by atoms with van der Waals surface area (Å²) < 4.78 is 5.52. The zero-order chi connectivity index (χ0) is 44.3. The Morgan fingerprint density at radius 1 is 0.565 bits per heavy atom. The van der Waals surface area contributed by atoms with Gasteiger partial charge in [0.1, 0.15) is 31.3 Å². The van der Waals surface area contributed by atoms with Crippen molar-refractivity contribution in [2.45, 2.75) is 70.5 Å². The zero-order valence-electron chi connectivity index (χ0n) is 35.4. The van der Waals surface area contributed by atoms with Crippen LogP contribution in [0.1, 0.15) is 74.6 Å². The molecule has 0 unspecified atom stereocenters. The van der Waals surface area contributed by atoms with Gasteiger partial charge in [-0.05, 0) is 69.2 Å². The minimum atomic E-state index is -1.20. The average molecular weight is 862 g/mol. The first-order valence-electron chi connectivity index (χ1n) is 21.0. The second kappa shape index (κ2) is 21.1. The maximum Gasteiger partial charge on any atom is 0.407 e. The van der Waals surface area contributed by atoms with Crippen molar-refractivity contribution in [3.05, 3.63) is 119 Å². The molecule has 0 fully saturated rings. The molecular formula is C48H55N5O8S. The van der Waals surface area contributed by atoms with Gasteiger partial charge in [0.05, 0.1) is 6.54 Å². The lowest BCUT2D eigenvalue weighted by Gasteiger charge is -2.24. The highest BCUT2D eigenvalue weighted by Crippen LogP contribution is 2.46. The average Bonchev–Trinajstić information content (AvgIpc) is 3.75. The van der Waals surface area contributed by atoms with Gasteiger partial charge in [0.25, 0.3) is 0 Å². The Hall–Kier alpha value is -6.15. The summed E-state index contributed by atoms with van der Waals surface area (Å²) in [6, 6.07) is 29.0. The molecule has 3 atom stereocenters. The van der Waals surface area contributed by atoms with E-state index in [1.807, 2.05) is 100 Å². The van der Waals surface area contributed by atoms with Gasteiger partial charge in [-0.15, -0.1) is 0 Å². The van der Waals surface area contributed by atoms with Gasteiger partial charge in [-0.3, -0.25) is 19.2 Å². The number of hydrogen-bond acceptors (Lipinski definition) is 8. The van der Waals surface area contributed by atoms with Crippen LogP contribution in [0.2, 0.25) is 0 Å². The third-order valence-corrected chi connectivity index (χ3v) is 12.2. The van der Waals surface area contributed by atoms with E-state index in [1.54, 1.807) is 0 Å². The van der Waals surface area contributed by atoms with Crippen molar-refractivity contribution in [3.8, 4) is 22.3 Å². The highest BCUT2D eigenvalue weighted by molar-refractivity contribution is 7.99. The molecule has 0 bridgehead atoms. The molecule has 0 saturated heterocycles. The standard InChI is InChI=1S/C48H55N5O8S/c1-28(2)21-40(51-44(55)24-50-48(60)61-25-38-34-17-9-5-13-30(34)31-14-6-10-18-35(31)38)45(56)49-23-43(54)52-41(22-29(3)4)46(57)53-42(47(58)59)27-62-26-39-36-19-11-7-15-32(36)33-16-8-12-20-37(33)39/h5-20,28-29,38-42H,21-27H2,1-4H3,(H,49,56)(H,50,60)(H,51,55)(H,52,54)(H,53,57)(H,58,59)/t40-,41-,42-/m0/s1. The molecule has 0 radical (unpaired) electrons. The number of ether oxygens (including phenoxy) is 1. The SMILES string of the molecule is CC(C)C[C@H](NC(=O)CNC(=O)OCC1c2ccccc2-c2ccccc21)C(=O)NCC(=O)N[C@@H](CC(C)C)C(=O)N[C@@H](CSCC1c2ccccc2-c2ccccc21)C(=O)O. The lowest BCUT2D eigenvalue weighted by molar-refractivity contribution is -0.141. The number of nitrogens with one attached hydrogen (secondary N) is 5. The Bertz CT molecular complexity index is 2190. The molecule has 0 saturated carbocycles. The van der Waals surface area contributed by atoms with Gasteiger partial charge in [-0.2, -0.15) is 11.8 Å². The number of alkyl carbamates (subject to hydrolysis) is 1. The third-order valence-electron chi connectivity index (χ3n) is 11.0. The quantitative estimate of drug-likeness (QED) is 0.0636. The number of carbonyl (C=O) groups is 6. The van der Waals surface area contributed by atoms with Crippen molar-refractivity contribution in [2.75, 3.05) is 31.2 Å². The van der Waals surface area contributed by atoms with E-state index < -0.39 is 66.9 Å². The molecule has 326 valence electrons. The number of hydrogen-bond donors (Lipinski definition) is 6. The largest absolute Gasteiger partial charge is 0.480 e. The smallest absolute Gasteiger partial charge is 0.407 e. The Balaban J connectivity index is 0.960. The summed E-state index contributed by atoms with van der Waals surface area (Å²) in [5, 5.41) is 23.0. The first-order valence-corrected chi connectivity index (χ1v) is 22.2. The number of amides is 5. The normalized spacial score (nSPS) is 14.1. The monoisotopic (exact) mass is 861 g/mol. The lowest BCUT2D eigenvalue weighted by Crippen LogP contribution is -2.55. The van der Waals surface area contributed by atoms with Crippen LogP contribution in [0.4, 0.5) is 4.79 Å². The highest BCUT2D eigenvalue weighted by Gasteiger charge is 2.32. The summed E-state index contributed by atoms with van der Waals surface area (Å²) in [5.41, 5.74) is 9.00. The van der Waals surface area contributed by atoms with Crippen LogP contribution in [-0.2, 0) is 28.7 Å². The molecule has 6 N–H and O–H groups in total. The molecular weight excluding hydrogens is 807 g/mol. The summed E-state index contributed by atoms with van der Waals surface area (Å²) in [4.78, 5) is 77.9. The van der Waals surface area contributed by atoms with Crippen LogP contribution in [0.3, 0.4) is 0 Å². The van der Waals surface area contributed by atoms with E-state index in [4.69, 9.17) is 4.74 Å². The van der Waals surface area contributed by atoms with E-state index in [0.29, 0.717) is 5.75 Å². The molecule has 2 aliphatic rings. The van der Waals surface area contributed by atoms with Crippen LogP contribution in [0, 0.1) is 11.8 Å². The van der Waals surface area contributed by atoms with Gasteiger partial charge >= 0.3 is 12.1 Å². The first-order chi connectivity index (χ1) is 29.8. The molecule has 0 spiro atoms. The molecule has 5 amide bonds. The van der Waals surface area contributed by atoms with E-state index in [-0.39, 0.29) is 48.9 Å². The molecule has 62 heavy (non-hydrogen) atoms. The van der Waals surface area contributed by atoms with Crippen LogP contribution in [-0.4, -0.2) is 90.1 Å². The number of benzene rings is 4. The number of carbonyl (C=O) groups excluding carboxylic acids is 5. The van der Waals surface area contributed by atoms with Crippen molar-refractivity contribution in [3.63, 3.8) is 0 Å². The van der Waals surface area contributed by atoms with Crippen molar-refractivity contribution in [1.82, 2.24) is 26.6 Å². The molecule has 14 heteroatoms. The van der Waals surface area contributed by atoms with E-state index in [9.17, 15) is 33.9 Å². The van der Waals surface area contributed by atoms with E-state index in [1.165, 1.54) is 34.0 Å². The predicted octanol–water partition coefficient (Wildman–Crippen LogP) is 5.82. The van der Waals surface area contributed by atoms with Crippen LogP contribution in [0.5, 0.6) is 0 Å². The van der Waals surface area contributed by atoms with Gasteiger partial charge in [-0.1, -0.05) is 125 Å².